The number of nitriles is 1. The monoisotopic (exact) mass is 192 g/mol. The van der Waals surface area contributed by atoms with Crippen molar-refractivity contribution in [3.05, 3.63) is 23.8 Å². The van der Waals surface area contributed by atoms with Gasteiger partial charge in [0.05, 0.1) is 7.11 Å². The number of benzene rings is 1. The zero-order chi connectivity index (χ0) is 10.4. The maximum absolute atomic E-state index is 8.36. The van der Waals surface area contributed by atoms with Crippen LogP contribution in [0.5, 0.6) is 11.5 Å². The predicted octanol–water partition coefficient (Wildman–Crippen LogP) is 1.06. The van der Waals surface area contributed by atoms with E-state index in [1.54, 1.807) is 25.3 Å². The molecule has 0 saturated carbocycles. The molecule has 0 unspecified atom stereocenters. The summed E-state index contributed by atoms with van der Waals surface area (Å²) in [5.74, 6) is 1.37. The minimum atomic E-state index is 0.0271. The molecule has 0 bridgehead atoms. The van der Waals surface area contributed by atoms with E-state index in [-0.39, 0.29) is 6.61 Å². The summed E-state index contributed by atoms with van der Waals surface area (Å²) in [4.78, 5) is 0. The van der Waals surface area contributed by atoms with Crippen LogP contribution in [0.4, 0.5) is 0 Å². The van der Waals surface area contributed by atoms with Gasteiger partial charge in [0.1, 0.15) is 17.6 Å². The highest BCUT2D eigenvalue weighted by Crippen LogP contribution is 2.23. The number of hydrogen-bond donors (Lipinski definition) is 1. The molecule has 1 aromatic rings. The Morgan fingerprint density at radius 3 is 2.86 bits per heavy atom. The van der Waals surface area contributed by atoms with Crippen LogP contribution in [0.25, 0.3) is 0 Å². The smallest absolute Gasteiger partial charge is 0.174 e. The fourth-order valence-corrected chi connectivity index (χ4v) is 1.09. The van der Waals surface area contributed by atoms with Crippen LogP contribution < -0.4 is 15.2 Å². The lowest BCUT2D eigenvalue weighted by Crippen LogP contribution is -2.03. The van der Waals surface area contributed by atoms with Gasteiger partial charge in [0.15, 0.2) is 6.61 Å². The lowest BCUT2D eigenvalue weighted by atomic mass is 10.2. The molecule has 0 fully saturated rings. The first-order chi connectivity index (χ1) is 6.81. The first-order valence-electron chi connectivity index (χ1n) is 4.18. The first-order valence-corrected chi connectivity index (χ1v) is 4.18. The fourth-order valence-electron chi connectivity index (χ4n) is 1.09. The maximum atomic E-state index is 8.36. The van der Waals surface area contributed by atoms with Crippen LogP contribution in [0.1, 0.15) is 5.56 Å². The Morgan fingerprint density at radius 2 is 2.29 bits per heavy atom. The van der Waals surface area contributed by atoms with E-state index in [9.17, 15) is 0 Å². The SMILES string of the molecule is COc1ccc(OCC#N)c(CN)c1. The molecule has 74 valence electrons. The van der Waals surface area contributed by atoms with Crippen LogP contribution >= 0.6 is 0 Å². The second kappa shape index (κ2) is 5.10. The number of methoxy groups -OCH3 is 1. The van der Waals surface area contributed by atoms with E-state index in [1.807, 2.05) is 6.07 Å². The molecular formula is C10H12N2O2. The van der Waals surface area contributed by atoms with Gasteiger partial charge in [-0.15, -0.1) is 0 Å². The van der Waals surface area contributed by atoms with Gasteiger partial charge in [0.25, 0.3) is 0 Å². The first kappa shape index (κ1) is 10.4. The molecule has 2 N–H and O–H groups in total. The topological polar surface area (TPSA) is 68.3 Å². The Hall–Kier alpha value is -1.73. The Kier molecular flexibility index (Phi) is 3.77. The standard InChI is InChI=1S/C10H12N2O2/c1-13-9-2-3-10(14-5-4-11)8(6-9)7-12/h2-3,6H,5,7,12H2,1H3. The quantitative estimate of drug-likeness (QED) is 0.774. The zero-order valence-corrected chi connectivity index (χ0v) is 7.99. The van der Waals surface area contributed by atoms with Crippen molar-refractivity contribution < 1.29 is 9.47 Å². The Labute approximate surface area is 82.9 Å². The van der Waals surface area contributed by atoms with Gasteiger partial charge in [0, 0.05) is 12.1 Å². The largest absolute Gasteiger partial charge is 0.497 e. The highest BCUT2D eigenvalue weighted by Gasteiger charge is 2.03. The Morgan fingerprint density at radius 1 is 1.50 bits per heavy atom. The van der Waals surface area contributed by atoms with Gasteiger partial charge >= 0.3 is 0 Å². The van der Waals surface area contributed by atoms with Gasteiger partial charge in [-0.1, -0.05) is 0 Å². The van der Waals surface area contributed by atoms with Gasteiger partial charge in [0.2, 0.25) is 0 Å². The molecule has 1 rings (SSSR count). The molecule has 14 heavy (non-hydrogen) atoms. The molecule has 0 atom stereocenters. The van der Waals surface area contributed by atoms with Crippen molar-refractivity contribution in [1.29, 1.82) is 5.26 Å². The predicted molar refractivity (Wildman–Crippen MR) is 52.0 cm³/mol. The summed E-state index contributed by atoms with van der Waals surface area (Å²) in [6, 6.07) is 7.22. The van der Waals surface area contributed by atoms with Gasteiger partial charge in [-0.2, -0.15) is 5.26 Å². The second-order valence-electron chi connectivity index (χ2n) is 2.62. The van der Waals surface area contributed by atoms with Crippen LogP contribution in [-0.4, -0.2) is 13.7 Å². The third-order valence-electron chi connectivity index (χ3n) is 1.78. The molecule has 0 saturated heterocycles. The molecule has 0 heterocycles. The molecule has 4 heteroatoms. The second-order valence-corrected chi connectivity index (χ2v) is 2.62. The minimum absolute atomic E-state index is 0.0271. The molecule has 0 aliphatic carbocycles. The van der Waals surface area contributed by atoms with Crippen molar-refractivity contribution in [2.45, 2.75) is 6.54 Å². The van der Waals surface area contributed by atoms with E-state index in [4.69, 9.17) is 20.5 Å². The lowest BCUT2D eigenvalue weighted by molar-refractivity contribution is 0.361. The summed E-state index contributed by atoms with van der Waals surface area (Å²) >= 11 is 0. The van der Waals surface area contributed by atoms with E-state index in [0.29, 0.717) is 12.3 Å². The Bertz CT molecular complexity index is 344. The summed E-state index contributed by atoms with van der Waals surface area (Å²) in [5.41, 5.74) is 6.36. The molecule has 1 aromatic carbocycles. The number of hydrogen-bond acceptors (Lipinski definition) is 4. The summed E-state index contributed by atoms with van der Waals surface area (Å²) in [6.45, 7) is 0.386. The highest BCUT2D eigenvalue weighted by molar-refractivity contribution is 5.40. The van der Waals surface area contributed by atoms with Crippen LogP contribution in [0.3, 0.4) is 0 Å². The number of ether oxygens (including phenoxy) is 2. The number of nitrogens with two attached hydrogens (primary N) is 1. The van der Waals surface area contributed by atoms with Gasteiger partial charge in [-0.05, 0) is 18.2 Å². The van der Waals surface area contributed by atoms with Crippen molar-refractivity contribution in [1.82, 2.24) is 0 Å². The van der Waals surface area contributed by atoms with E-state index in [1.165, 1.54) is 0 Å². The van der Waals surface area contributed by atoms with Crippen LogP contribution in [-0.2, 0) is 6.54 Å². The third kappa shape index (κ3) is 2.38. The van der Waals surface area contributed by atoms with Gasteiger partial charge in [-0.25, -0.2) is 0 Å². The van der Waals surface area contributed by atoms with E-state index < -0.39 is 0 Å². The van der Waals surface area contributed by atoms with Crippen molar-refractivity contribution >= 4 is 0 Å². The average molecular weight is 192 g/mol. The summed E-state index contributed by atoms with van der Waals surface area (Å²) in [7, 11) is 1.59. The molecule has 0 aliphatic heterocycles. The average Bonchev–Trinajstić information content (AvgIpc) is 2.26. The third-order valence-corrected chi connectivity index (χ3v) is 1.78. The lowest BCUT2D eigenvalue weighted by Gasteiger charge is -2.09. The Balaban J connectivity index is 2.88. The minimum Gasteiger partial charge on any atom is -0.497 e. The van der Waals surface area contributed by atoms with Crippen LogP contribution in [0.2, 0.25) is 0 Å². The van der Waals surface area contributed by atoms with E-state index >= 15 is 0 Å². The summed E-state index contributed by atoms with van der Waals surface area (Å²) < 4.78 is 10.2. The summed E-state index contributed by atoms with van der Waals surface area (Å²) in [6.07, 6.45) is 0. The highest BCUT2D eigenvalue weighted by atomic mass is 16.5. The zero-order valence-electron chi connectivity index (χ0n) is 7.99. The van der Waals surface area contributed by atoms with E-state index in [0.717, 1.165) is 11.3 Å². The molecule has 0 aromatic heterocycles. The van der Waals surface area contributed by atoms with Crippen molar-refractivity contribution in [3.63, 3.8) is 0 Å². The van der Waals surface area contributed by atoms with Crippen LogP contribution in [0.15, 0.2) is 18.2 Å². The molecular weight excluding hydrogens is 180 g/mol. The summed E-state index contributed by atoms with van der Waals surface area (Å²) in [5, 5.41) is 8.36. The van der Waals surface area contributed by atoms with Crippen molar-refractivity contribution in [2.75, 3.05) is 13.7 Å². The van der Waals surface area contributed by atoms with Crippen molar-refractivity contribution in [2.24, 2.45) is 5.73 Å². The molecule has 4 nitrogen and oxygen atoms in total. The normalized spacial score (nSPS) is 9.21. The fraction of sp³-hybridized carbons (Fsp3) is 0.300. The molecule has 0 aliphatic rings. The van der Waals surface area contributed by atoms with Crippen LogP contribution in [0, 0.1) is 11.3 Å². The molecule has 0 amide bonds. The maximum Gasteiger partial charge on any atom is 0.174 e. The van der Waals surface area contributed by atoms with Gasteiger partial charge < -0.3 is 15.2 Å². The number of nitrogens with zero attached hydrogens (tertiary/aromatic N) is 1. The molecule has 0 radical (unpaired) electrons. The van der Waals surface area contributed by atoms with Gasteiger partial charge in [-0.3, -0.25) is 0 Å². The molecule has 0 spiro atoms. The van der Waals surface area contributed by atoms with Crippen molar-refractivity contribution in [3.8, 4) is 17.6 Å². The van der Waals surface area contributed by atoms with E-state index in [2.05, 4.69) is 0 Å². The number of rotatable bonds is 4.